The number of hydrogen-bond donors (Lipinski definition) is 0. The molecule has 2 aromatic rings. The van der Waals surface area contributed by atoms with E-state index in [1.165, 1.54) is 92.3 Å². The molecule has 0 aliphatic carbocycles. The van der Waals surface area contributed by atoms with Gasteiger partial charge in [0.2, 0.25) is 0 Å². The molecule has 0 aliphatic heterocycles. The molecule has 2 aromatic carbocycles. The predicted octanol–water partition coefficient (Wildman–Crippen LogP) is 12.3. The lowest BCUT2D eigenvalue weighted by molar-refractivity contribution is 0.758. The molecule has 0 saturated carbocycles. The Bertz CT molecular complexity index is 1040. The van der Waals surface area contributed by atoms with Gasteiger partial charge in [0.1, 0.15) is 0 Å². The van der Waals surface area contributed by atoms with Crippen molar-refractivity contribution in [3.8, 4) is 0 Å². The van der Waals surface area contributed by atoms with Crippen LogP contribution in [0, 0.1) is 0 Å². The van der Waals surface area contributed by atoms with Gasteiger partial charge >= 0.3 is 0 Å². The summed E-state index contributed by atoms with van der Waals surface area (Å²) in [6, 6.07) is 15.8. The fraction of sp³-hybridized carbons (Fsp3) is 0.579. The van der Waals surface area contributed by atoms with Gasteiger partial charge in [-0.05, 0) is 112 Å². The highest BCUT2D eigenvalue weighted by molar-refractivity contribution is 6.43. The third kappa shape index (κ3) is 12.8. The molecule has 0 radical (unpaired) electrons. The van der Waals surface area contributed by atoms with Gasteiger partial charge in [-0.25, -0.2) is 0 Å². The maximum Gasteiger partial charge on any atom is 0.0665 e. The summed E-state index contributed by atoms with van der Waals surface area (Å²) in [4.78, 5) is 10.7. The Morgan fingerprint density at radius 1 is 0.550 bits per heavy atom. The van der Waals surface area contributed by atoms with E-state index in [2.05, 4.69) is 89.2 Å². The zero-order valence-corrected chi connectivity index (χ0v) is 26.6. The van der Waals surface area contributed by atoms with E-state index in [1.54, 1.807) is 0 Å². The number of hydrogen-bond acceptors (Lipinski definition) is 2. The van der Waals surface area contributed by atoms with Gasteiger partial charge in [-0.15, -0.1) is 0 Å². The van der Waals surface area contributed by atoms with Gasteiger partial charge in [-0.3, -0.25) is 9.98 Å². The molecule has 2 rings (SSSR count). The summed E-state index contributed by atoms with van der Waals surface area (Å²) in [5, 5.41) is 0. The van der Waals surface area contributed by atoms with Gasteiger partial charge in [0.05, 0.1) is 22.8 Å². The fourth-order valence-corrected chi connectivity index (χ4v) is 5.06. The molecule has 2 heteroatoms. The fourth-order valence-electron chi connectivity index (χ4n) is 5.06. The Morgan fingerprint density at radius 2 is 1.15 bits per heavy atom. The maximum absolute atomic E-state index is 5.37. The average molecular weight is 543 g/mol. The molecule has 0 unspecified atom stereocenters. The smallest absolute Gasteiger partial charge is 0.0665 e. The number of para-hydroxylation sites is 1. The quantitative estimate of drug-likeness (QED) is 0.0851. The molecular formula is C38H58N2. The van der Waals surface area contributed by atoms with E-state index in [1.807, 2.05) is 0 Å². The number of aliphatic imine (C=N–C) groups is 2. The standard InChI is InChI=1S/C38H58N2/c1-6-11-16-17-18-19-24-33-25-20-21-28-36(33)40-38(27-15-10-5)37(26-14-9-4)39-35-30-29-32(22-12-7-2)34(31-35)23-13-8-3/h16-17,20-21,25,28-31H,6-15,18-19,22-24,26-27H2,1-5H3. The van der Waals surface area contributed by atoms with Crippen molar-refractivity contribution in [2.45, 2.75) is 144 Å². The Hall–Kier alpha value is -2.48. The number of nitrogens with zero attached hydrogens (tertiary/aromatic N) is 2. The first-order valence-electron chi connectivity index (χ1n) is 16.7. The molecule has 0 saturated heterocycles. The molecule has 0 aliphatic rings. The first-order chi connectivity index (χ1) is 19.7. The first kappa shape index (κ1) is 33.7. The number of aryl methyl sites for hydroxylation is 3. The Balaban J connectivity index is 2.43. The zero-order valence-electron chi connectivity index (χ0n) is 26.6. The van der Waals surface area contributed by atoms with Crippen molar-refractivity contribution in [1.82, 2.24) is 0 Å². The van der Waals surface area contributed by atoms with Crippen LogP contribution < -0.4 is 0 Å². The van der Waals surface area contributed by atoms with Crippen molar-refractivity contribution in [3.05, 3.63) is 71.3 Å². The summed E-state index contributed by atoms with van der Waals surface area (Å²) in [5.74, 6) is 0. The minimum Gasteiger partial charge on any atom is -0.252 e. The van der Waals surface area contributed by atoms with Crippen LogP contribution in [-0.4, -0.2) is 11.4 Å². The van der Waals surface area contributed by atoms with E-state index in [9.17, 15) is 0 Å². The summed E-state index contributed by atoms with van der Waals surface area (Å²) in [6.07, 6.45) is 24.3. The van der Waals surface area contributed by atoms with Crippen LogP contribution in [0.5, 0.6) is 0 Å². The van der Waals surface area contributed by atoms with Crippen LogP contribution in [0.4, 0.5) is 11.4 Å². The summed E-state index contributed by atoms with van der Waals surface area (Å²) in [7, 11) is 0. The second kappa shape index (κ2) is 21.3. The number of rotatable bonds is 21. The van der Waals surface area contributed by atoms with Crippen LogP contribution in [0.1, 0.15) is 141 Å². The van der Waals surface area contributed by atoms with E-state index in [0.29, 0.717) is 0 Å². The largest absolute Gasteiger partial charge is 0.252 e. The van der Waals surface area contributed by atoms with Crippen LogP contribution in [0.2, 0.25) is 0 Å². The summed E-state index contributed by atoms with van der Waals surface area (Å²) in [5.41, 5.74) is 8.99. The Labute approximate surface area is 247 Å². The van der Waals surface area contributed by atoms with Crippen LogP contribution in [0.15, 0.2) is 64.6 Å². The third-order valence-electron chi connectivity index (χ3n) is 7.61. The van der Waals surface area contributed by atoms with Crippen LogP contribution in [0.3, 0.4) is 0 Å². The van der Waals surface area contributed by atoms with Crippen molar-refractivity contribution in [2.24, 2.45) is 9.98 Å². The topological polar surface area (TPSA) is 24.7 Å². The van der Waals surface area contributed by atoms with Crippen LogP contribution in [0.25, 0.3) is 0 Å². The maximum atomic E-state index is 5.37. The van der Waals surface area contributed by atoms with Gasteiger partial charge in [0, 0.05) is 0 Å². The van der Waals surface area contributed by atoms with Gasteiger partial charge in [-0.2, -0.15) is 0 Å². The molecule has 40 heavy (non-hydrogen) atoms. The van der Waals surface area contributed by atoms with Gasteiger partial charge in [-0.1, -0.05) is 103 Å². The van der Waals surface area contributed by atoms with Crippen LogP contribution in [-0.2, 0) is 19.3 Å². The molecule has 0 aromatic heterocycles. The van der Waals surface area contributed by atoms with Gasteiger partial charge in [0.25, 0.3) is 0 Å². The molecular weight excluding hydrogens is 484 g/mol. The second-order valence-corrected chi connectivity index (χ2v) is 11.3. The van der Waals surface area contributed by atoms with Crippen molar-refractivity contribution in [1.29, 1.82) is 0 Å². The van der Waals surface area contributed by atoms with Gasteiger partial charge in [0.15, 0.2) is 0 Å². The van der Waals surface area contributed by atoms with E-state index >= 15 is 0 Å². The SMILES string of the molecule is CCCC=CCCCc1ccccc1N=C(CCCC)C(CCCC)=Nc1ccc(CCCC)c(CCCC)c1. The van der Waals surface area contributed by atoms with Crippen LogP contribution >= 0.6 is 0 Å². The number of benzene rings is 2. The lowest BCUT2D eigenvalue weighted by Gasteiger charge is -2.14. The first-order valence-corrected chi connectivity index (χ1v) is 16.7. The average Bonchev–Trinajstić information content (AvgIpc) is 2.98. The summed E-state index contributed by atoms with van der Waals surface area (Å²) < 4.78 is 0. The minimum atomic E-state index is 0.990. The van der Waals surface area contributed by atoms with Crippen molar-refractivity contribution >= 4 is 22.8 Å². The van der Waals surface area contributed by atoms with Crippen molar-refractivity contribution < 1.29 is 0 Å². The Morgan fingerprint density at radius 3 is 1.82 bits per heavy atom. The molecule has 0 N–H and O–H groups in total. The van der Waals surface area contributed by atoms with E-state index in [-0.39, 0.29) is 0 Å². The van der Waals surface area contributed by atoms with E-state index in [0.717, 1.165) is 56.3 Å². The van der Waals surface area contributed by atoms with Gasteiger partial charge < -0.3 is 0 Å². The molecule has 220 valence electrons. The van der Waals surface area contributed by atoms with Crippen molar-refractivity contribution in [2.75, 3.05) is 0 Å². The second-order valence-electron chi connectivity index (χ2n) is 11.3. The Kier molecular flexibility index (Phi) is 18.0. The molecule has 0 bridgehead atoms. The van der Waals surface area contributed by atoms with E-state index in [4.69, 9.17) is 9.98 Å². The number of allylic oxidation sites excluding steroid dienone is 2. The molecule has 0 atom stereocenters. The monoisotopic (exact) mass is 542 g/mol. The third-order valence-corrected chi connectivity index (χ3v) is 7.61. The predicted molar refractivity (Wildman–Crippen MR) is 180 cm³/mol. The molecule has 0 amide bonds. The highest BCUT2D eigenvalue weighted by Gasteiger charge is 2.13. The molecule has 0 spiro atoms. The summed E-state index contributed by atoms with van der Waals surface area (Å²) in [6.45, 7) is 11.4. The lowest BCUT2D eigenvalue weighted by Crippen LogP contribution is -2.14. The van der Waals surface area contributed by atoms with Crippen molar-refractivity contribution in [3.63, 3.8) is 0 Å². The lowest BCUT2D eigenvalue weighted by atomic mass is 9.97. The molecule has 0 fully saturated rings. The highest BCUT2D eigenvalue weighted by atomic mass is 14.8. The highest BCUT2D eigenvalue weighted by Crippen LogP contribution is 2.26. The van der Waals surface area contributed by atoms with E-state index < -0.39 is 0 Å². The molecule has 0 heterocycles. The minimum absolute atomic E-state index is 0.990. The summed E-state index contributed by atoms with van der Waals surface area (Å²) >= 11 is 0. The molecule has 2 nitrogen and oxygen atoms in total. The normalized spacial score (nSPS) is 12.5. The zero-order chi connectivity index (χ0) is 28.8. The number of unbranched alkanes of at least 4 members (excludes halogenated alkanes) is 6.